The summed E-state index contributed by atoms with van der Waals surface area (Å²) in [5.41, 5.74) is 0.831. The normalized spacial score (nSPS) is 20.6. The molecular formula is C12H17BrN2O2. The fraction of sp³-hybridized carbons (Fsp3) is 0.583. The number of hydrogen-bond donors (Lipinski definition) is 2. The fourth-order valence-electron chi connectivity index (χ4n) is 2.28. The monoisotopic (exact) mass is 300 g/mol. The molecule has 0 aliphatic carbocycles. The van der Waals surface area contributed by atoms with Gasteiger partial charge in [-0.15, -0.1) is 0 Å². The highest BCUT2D eigenvalue weighted by Crippen LogP contribution is 2.26. The lowest BCUT2D eigenvalue weighted by atomic mass is 9.99. The maximum absolute atomic E-state index is 9.36. The molecule has 2 N–H and O–H groups in total. The van der Waals surface area contributed by atoms with Crippen molar-refractivity contribution in [2.24, 2.45) is 5.92 Å². The molecule has 1 aromatic rings. The van der Waals surface area contributed by atoms with Crippen LogP contribution in [-0.4, -0.2) is 34.9 Å². The minimum atomic E-state index is -0.0118. The molecule has 0 bridgehead atoms. The van der Waals surface area contributed by atoms with Crippen molar-refractivity contribution >= 4 is 21.7 Å². The molecule has 1 fully saturated rings. The van der Waals surface area contributed by atoms with Crippen molar-refractivity contribution in [1.29, 1.82) is 0 Å². The zero-order valence-corrected chi connectivity index (χ0v) is 11.2. The number of anilines is 1. The Labute approximate surface area is 109 Å². The number of pyridine rings is 1. The number of aromatic nitrogens is 1. The Hall–Kier alpha value is -0.650. The zero-order valence-electron chi connectivity index (χ0n) is 9.64. The molecule has 0 amide bonds. The molecule has 4 nitrogen and oxygen atoms in total. The lowest BCUT2D eigenvalue weighted by Gasteiger charge is -2.33. The van der Waals surface area contributed by atoms with Crippen LogP contribution in [0.3, 0.4) is 0 Å². The summed E-state index contributed by atoms with van der Waals surface area (Å²) in [6, 6.07) is 1.89. The topological polar surface area (TPSA) is 56.6 Å². The van der Waals surface area contributed by atoms with Gasteiger partial charge < -0.3 is 15.1 Å². The highest BCUT2D eigenvalue weighted by molar-refractivity contribution is 9.10. The molecule has 17 heavy (non-hydrogen) atoms. The number of piperidine rings is 1. The molecule has 1 saturated heterocycles. The zero-order chi connectivity index (χ0) is 12.3. The third-order valence-electron chi connectivity index (χ3n) is 3.16. The molecule has 0 saturated carbocycles. The van der Waals surface area contributed by atoms with E-state index in [0.29, 0.717) is 5.92 Å². The molecule has 94 valence electrons. The van der Waals surface area contributed by atoms with Crippen LogP contribution >= 0.6 is 15.9 Å². The van der Waals surface area contributed by atoms with E-state index < -0.39 is 0 Å². The summed E-state index contributed by atoms with van der Waals surface area (Å²) in [4.78, 5) is 6.53. The van der Waals surface area contributed by atoms with Gasteiger partial charge in [0.25, 0.3) is 0 Å². The van der Waals surface area contributed by atoms with E-state index in [1.807, 2.05) is 6.07 Å². The number of halogens is 1. The van der Waals surface area contributed by atoms with E-state index in [1.165, 1.54) is 0 Å². The summed E-state index contributed by atoms with van der Waals surface area (Å²) in [6.07, 6.45) is 3.88. The Kier molecular flexibility index (Phi) is 4.36. The quantitative estimate of drug-likeness (QED) is 0.889. The third-order valence-corrected chi connectivity index (χ3v) is 3.59. The van der Waals surface area contributed by atoms with Crippen LogP contribution in [0.1, 0.15) is 18.4 Å². The number of aliphatic hydroxyl groups excluding tert-OH is 2. The van der Waals surface area contributed by atoms with Crippen molar-refractivity contribution < 1.29 is 10.2 Å². The van der Waals surface area contributed by atoms with Crippen molar-refractivity contribution in [2.75, 3.05) is 24.6 Å². The molecule has 0 radical (unpaired) electrons. The van der Waals surface area contributed by atoms with Crippen LogP contribution in [-0.2, 0) is 6.61 Å². The number of aliphatic hydroxyl groups is 2. The predicted octanol–water partition coefficient (Wildman–Crippen LogP) is 1.55. The molecule has 1 aliphatic heterocycles. The van der Waals surface area contributed by atoms with Crippen molar-refractivity contribution in [3.8, 4) is 0 Å². The van der Waals surface area contributed by atoms with Gasteiger partial charge in [0.2, 0.25) is 0 Å². The fourth-order valence-corrected chi connectivity index (χ4v) is 2.66. The third kappa shape index (κ3) is 2.97. The summed E-state index contributed by atoms with van der Waals surface area (Å²) in [5, 5.41) is 18.6. The first-order chi connectivity index (χ1) is 8.24. The van der Waals surface area contributed by atoms with Gasteiger partial charge in [-0.05, 0) is 40.8 Å². The van der Waals surface area contributed by atoms with E-state index in [2.05, 4.69) is 25.8 Å². The minimum Gasteiger partial charge on any atom is -0.396 e. The second-order valence-electron chi connectivity index (χ2n) is 4.43. The highest BCUT2D eigenvalue weighted by Gasteiger charge is 2.22. The second-order valence-corrected chi connectivity index (χ2v) is 5.35. The molecule has 0 spiro atoms. The van der Waals surface area contributed by atoms with Crippen LogP contribution in [0.25, 0.3) is 0 Å². The van der Waals surface area contributed by atoms with E-state index in [-0.39, 0.29) is 13.2 Å². The maximum atomic E-state index is 9.36. The average Bonchev–Trinajstić information content (AvgIpc) is 2.38. The first-order valence-electron chi connectivity index (χ1n) is 5.85. The first kappa shape index (κ1) is 12.8. The summed E-state index contributed by atoms with van der Waals surface area (Å²) < 4.78 is 0.876. The van der Waals surface area contributed by atoms with Crippen molar-refractivity contribution in [3.63, 3.8) is 0 Å². The van der Waals surface area contributed by atoms with Crippen LogP contribution in [0, 0.1) is 5.92 Å². The number of rotatable bonds is 3. The van der Waals surface area contributed by atoms with Crippen molar-refractivity contribution in [1.82, 2.24) is 4.98 Å². The lowest BCUT2D eigenvalue weighted by Crippen LogP contribution is -2.37. The Balaban J connectivity index is 2.20. The SMILES string of the molecule is OCc1cc(Br)cnc1N1CCCC(CO)C1. The number of nitrogens with zero attached hydrogens (tertiary/aromatic N) is 2. The molecule has 2 heterocycles. The van der Waals surface area contributed by atoms with Crippen molar-refractivity contribution in [3.05, 3.63) is 22.3 Å². The van der Waals surface area contributed by atoms with Gasteiger partial charge in [0.15, 0.2) is 0 Å². The van der Waals surface area contributed by atoms with Crippen LogP contribution < -0.4 is 4.90 Å². The lowest BCUT2D eigenvalue weighted by molar-refractivity contribution is 0.208. The Morgan fingerprint density at radius 3 is 3.00 bits per heavy atom. The predicted molar refractivity (Wildman–Crippen MR) is 69.9 cm³/mol. The molecular weight excluding hydrogens is 284 g/mol. The minimum absolute atomic E-state index is 0.0118. The molecule has 0 aromatic carbocycles. The second kappa shape index (κ2) is 5.80. The summed E-state index contributed by atoms with van der Waals surface area (Å²) in [7, 11) is 0. The first-order valence-corrected chi connectivity index (χ1v) is 6.65. The van der Waals surface area contributed by atoms with E-state index >= 15 is 0 Å². The Morgan fingerprint density at radius 1 is 1.47 bits per heavy atom. The molecule has 2 rings (SSSR count). The molecule has 1 aliphatic rings. The van der Waals surface area contributed by atoms with E-state index in [4.69, 9.17) is 0 Å². The largest absolute Gasteiger partial charge is 0.396 e. The number of hydrogen-bond acceptors (Lipinski definition) is 4. The summed E-state index contributed by atoms with van der Waals surface area (Å²) in [6.45, 7) is 1.97. The van der Waals surface area contributed by atoms with Crippen LogP contribution in [0.2, 0.25) is 0 Å². The van der Waals surface area contributed by atoms with E-state index in [0.717, 1.165) is 41.8 Å². The molecule has 1 unspecified atom stereocenters. The smallest absolute Gasteiger partial charge is 0.134 e. The summed E-state index contributed by atoms with van der Waals surface area (Å²) >= 11 is 3.35. The van der Waals surface area contributed by atoms with Gasteiger partial charge in [-0.2, -0.15) is 0 Å². The van der Waals surface area contributed by atoms with Gasteiger partial charge in [-0.3, -0.25) is 0 Å². The van der Waals surface area contributed by atoms with Crippen LogP contribution in [0.15, 0.2) is 16.7 Å². The van der Waals surface area contributed by atoms with Gasteiger partial charge >= 0.3 is 0 Å². The molecule has 5 heteroatoms. The van der Waals surface area contributed by atoms with E-state index in [9.17, 15) is 10.2 Å². The van der Waals surface area contributed by atoms with Crippen LogP contribution in [0.5, 0.6) is 0 Å². The Morgan fingerprint density at radius 2 is 2.29 bits per heavy atom. The van der Waals surface area contributed by atoms with Gasteiger partial charge in [-0.25, -0.2) is 4.98 Å². The van der Waals surface area contributed by atoms with Crippen molar-refractivity contribution in [2.45, 2.75) is 19.4 Å². The maximum Gasteiger partial charge on any atom is 0.134 e. The molecule has 1 aromatic heterocycles. The summed E-state index contributed by atoms with van der Waals surface area (Å²) in [5.74, 6) is 1.16. The highest BCUT2D eigenvalue weighted by atomic mass is 79.9. The van der Waals surface area contributed by atoms with Gasteiger partial charge in [-0.1, -0.05) is 0 Å². The van der Waals surface area contributed by atoms with E-state index in [1.54, 1.807) is 6.20 Å². The standard InChI is InChI=1S/C12H17BrN2O2/c13-11-4-10(8-17)12(14-5-11)15-3-1-2-9(6-15)7-16/h4-5,9,16-17H,1-3,6-8H2. The van der Waals surface area contributed by atoms with Crippen LogP contribution in [0.4, 0.5) is 5.82 Å². The van der Waals surface area contributed by atoms with Gasteiger partial charge in [0.1, 0.15) is 5.82 Å². The Bertz CT molecular complexity index is 387. The van der Waals surface area contributed by atoms with Gasteiger partial charge in [0.05, 0.1) is 6.61 Å². The average molecular weight is 301 g/mol. The molecule has 1 atom stereocenters. The van der Waals surface area contributed by atoms with Gasteiger partial charge in [0, 0.05) is 35.9 Å².